The van der Waals surface area contributed by atoms with Crippen LogP contribution >= 0.6 is 24.0 Å². The van der Waals surface area contributed by atoms with Gasteiger partial charge in [0.1, 0.15) is 10.1 Å². The smallest absolute Gasteiger partial charge is 0.417 e. The van der Waals surface area contributed by atoms with E-state index in [0.717, 1.165) is 29.0 Å². The van der Waals surface area contributed by atoms with Gasteiger partial charge in [0.25, 0.3) is 11.8 Å². The van der Waals surface area contributed by atoms with Gasteiger partial charge in [-0.25, -0.2) is 0 Å². The molecule has 7 nitrogen and oxygen atoms in total. The summed E-state index contributed by atoms with van der Waals surface area (Å²) < 4.78 is 42.3. The van der Waals surface area contributed by atoms with Gasteiger partial charge in [0.2, 0.25) is 0 Å². The number of nitrogens with zero attached hydrogens (tertiary/aromatic N) is 1. The number of rotatable bonds is 4. The summed E-state index contributed by atoms with van der Waals surface area (Å²) in [7, 11) is 0. The SMILES string of the molecule is Cc1ccc(-c2c(C(F)(F)F)ccc3c2NC(=O)C3=NNc2ccc(C=C3SC(=S)NC3=O)cc2O)cc1C. The number of phenolic OH excluding ortho intramolecular Hbond substituents is 1. The Kier molecular flexibility index (Phi) is 6.69. The minimum atomic E-state index is -4.66. The van der Waals surface area contributed by atoms with Crippen molar-refractivity contribution in [1.29, 1.82) is 0 Å². The quantitative estimate of drug-likeness (QED) is 0.134. The number of thioether (sulfide) groups is 1. The number of hydrogen-bond acceptors (Lipinski definition) is 7. The lowest BCUT2D eigenvalue weighted by Crippen LogP contribution is -2.17. The largest absolute Gasteiger partial charge is 0.506 e. The molecular formula is C27H19F3N4O3S2. The number of benzene rings is 3. The number of hydrazone groups is 1. The fourth-order valence-corrected chi connectivity index (χ4v) is 5.23. The van der Waals surface area contributed by atoms with Crippen LogP contribution in [0.2, 0.25) is 0 Å². The van der Waals surface area contributed by atoms with Crippen LogP contribution in [0.15, 0.2) is 58.5 Å². The van der Waals surface area contributed by atoms with Crippen LogP contribution in [0.5, 0.6) is 5.75 Å². The molecule has 1 fully saturated rings. The fourth-order valence-electron chi connectivity index (χ4n) is 4.19. The molecule has 3 aromatic carbocycles. The molecule has 198 valence electrons. The van der Waals surface area contributed by atoms with Crippen LogP contribution in [-0.2, 0) is 15.8 Å². The molecule has 39 heavy (non-hydrogen) atoms. The van der Waals surface area contributed by atoms with Crippen LogP contribution in [0, 0.1) is 13.8 Å². The van der Waals surface area contributed by atoms with Crippen molar-refractivity contribution < 1.29 is 27.9 Å². The lowest BCUT2D eigenvalue weighted by Gasteiger charge is -2.17. The van der Waals surface area contributed by atoms with Crippen molar-refractivity contribution in [3.63, 3.8) is 0 Å². The summed E-state index contributed by atoms with van der Waals surface area (Å²) in [5.74, 6) is -1.25. The van der Waals surface area contributed by atoms with Crippen molar-refractivity contribution in [1.82, 2.24) is 5.32 Å². The number of fused-ring (bicyclic) bond motifs is 1. The summed E-state index contributed by atoms with van der Waals surface area (Å²) in [4.78, 5) is 25.1. The van der Waals surface area contributed by atoms with Crippen LogP contribution in [0.25, 0.3) is 17.2 Å². The number of carbonyl (C=O) groups is 2. The molecule has 0 saturated carbocycles. The van der Waals surface area contributed by atoms with E-state index in [-0.39, 0.29) is 39.9 Å². The van der Waals surface area contributed by atoms with Gasteiger partial charge in [-0.05, 0) is 66.4 Å². The maximum absolute atomic E-state index is 14.0. The number of nitrogens with one attached hydrogen (secondary N) is 3. The molecule has 12 heteroatoms. The number of halogens is 3. The number of alkyl halides is 3. The Hall–Kier alpha value is -4.16. The first kappa shape index (κ1) is 26.4. The van der Waals surface area contributed by atoms with Gasteiger partial charge < -0.3 is 15.7 Å². The first-order valence-corrected chi connectivity index (χ1v) is 12.7. The van der Waals surface area contributed by atoms with E-state index in [0.29, 0.717) is 20.4 Å². The van der Waals surface area contributed by atoms with Gasteiger partial charge in [-0.2, -0.15) is 18.3 Å². The molecule has 2 amide bonds. The van der Waals surface area contributed by atoms with E-state index in [2.05, 4.69) is 21.2 Å². The number of aromatic hydroxyl groups is 1. The minimum Gasteiger partial charge on any atom is -0.506 e. The number of carbonyl (C=O) groups excluding carboxylic acids is 2. The molecule has 0 radical (unpaired) electrons. The van der Waals surface area contributed by atoms with E-state index in [1.165, 1.54) is 18.2 Å². The molecule has 0 unspecified atom stereocenters. The van der Waals surface area contributed by atoms with Crippen molar-refractivity contribution in [3.05, 3.63) is 81.3 Å². The van der Waals surface area contributed by atoms with Gasteiger partial charge in [0, 0.05) is 11.1 Å². The molecule has 0 spiro atoms. The average molecular weight is 569 g/mol. The van der Waals surface area contributed by atoms with Crippen LogP contribution in [0.4, 0.5) is 24.5 Å². The second-order valence-corrected chi connectivity index (χ2v) is 10.6. The first-order valence-electron chi connectivity index (χ1n) is 11.5. The molecule has 3 aromatic rings. The summed E-state index contributed by atoms with van der Waals surface area (Å²) in [5, 5.41) is 19.6. The zero-order valence-corrected chi connectivity index (χ0v) is 22.0. The molecule has 4 N–H and O–H groups in total. The van der Waals surface area contributed by atoms with Crippen LogP contribution in [0.1, 0.15) is 27.8 Å². The van der Waals surface area contributed by atoms with Crippen molar-refractivity contribution >= 4 is 63.3 Å². The summed E-state index contributed by atoms with van der Waals surface area (Å²) in [5.41, 5.74) is 4.36. The normalized spacial score (nSPS) is 17.0. The molecule has 2 aliphatic rings. The maximum Gasteiger partial charge on any atom is 0.417 e. The Morgan fingerprint density at radius 3 is 2.41 bits per heavy atom. The van der Waals surface area contributed by atoms with Crippen molar-refractivity contribution in [2.24, 2.45) is 5.10 Å². The van der Waals surface area contributed by atoms with E-state index in [1.807, 2.05) is 6.92 Å². The van der Waals surface area contributed by atoms with Crippen molar-refractivity contribution in [2.75, 3.05) is 10.7 Å². The van der Waals surface area contributed by atoms with Crippen molar-refractivity contribution in [2.45, 2.75) is 20.0 Å². The minimum absolute atomic E-state index is 0.00933. The van der Waals surface area contributed by atoms with E-state index < -0.39 is 17.6 Å². The van der Waals surface area contributed by atoms with E-state index >= 15 is 0 Å². The maximum atomic E-state index is 14.0. The van der Waals surface area contributed by atoms with Crippen molar-refractivity contribution in [3.8, 4) is 16.9 Å². The third kappa shape index (κ3) is 5.12. The Morgan fingerprint density at radius 2 is 1.77 bits per heavy atom. The third-order valence-electron chi connectivity index (χ3n) is 6.26. The van der Waals surface area contributed by atoms with E-state index in [4.69, 9.17) is 12.2 Å². The summed E-state index contributed by atoms with van der Waals surface area (Å²) in [6, 6.07) is 11.6. The zero-order valence-electron chi connectivity index (χ0n) is 20.4. The summed E-state index contributed by atoms with van der Waals surface area (Å²) in [6.45, 7) is 3.66. The van der Waals surface area contributed by atoms with Gasteiger partial charge in [0.05, 0.1) is 21.8 Å². The highest BCUT2D eigenvalue weighted by Gasteiger charge is 2.39. The average Bonchev–Trinajstić information content (AvgIpc) is 3.35. The highest BCUT2D eigenvalue weighted by molar-refractivity contribution is 8.26. The predicted molar refractivity (Wildman–Crippen MR) is 150 cm³/mol. The Bertz CT molecular complexity index is 1650. The number of aryl methyl sites for hydroxylation is 2. The summed E-state index contributed by atoms with van der Waals surface area (Å²) >= 11 is 6.06. The predicted octanol–water partition coefficient (Wildman–Crippen LogP) is 5.95. The van der Waals surface area contributed by atoms with E-state index in [1.54, 1.807) is 37.3 Å². The van der Waals surface area contributed by atoms with Gasteiger partial charge >= 0.3 is 6.18 Å². The van der Waals surface area contributed by atoms with Crippen LogP contribution in [0.3, 0.4) is 0 Å². The number of thiocarbonyl (C=S) groups is 1. The Labute approximate surface area is 230 Å². The molecule has 5 rings (SSSR count). The zero-order chi connectivity index (χ0) is 28.1. The number of anilines is 2. The van der Waals surface area contributed by atoms with Gasteiger partial charge in [-0.3, -0.25) is 15.0 Å². The molecule has 2 aliphatic heterocycles. The van der Waals surface area contributed by atoms with E-state index in [9.17, 15) is 27.9 Å². The van der Waals surface area contributed by atoms with Gasteiger partial charge in [-0.1, -0.05) is 48.2 Å². The Morgan fingerprint density at radius 1 is 1.00 bits per heavy atom. The second-order valence-electron chi connectivity index (χ2n) is 8.86. The highest BCUT2D eigenvalue weighted by atomic mass is 32.2. The number of hydrogen-bond donors (Lipinski definition) is 4. The molecule has 0 atom stereocenters. The Balaban J connectivity index is 1.50. The lowest BCUT2D eigenvalue weighted by atomic mass is 9.92. The lowest BCUT2D eigenvalue weighted by molar-refractivity contribution is -0.137. The molecule has 0 aromatic heterocycles. The first-order chi connectivity index (χ1) is 18.4. The standard InChI is InChI=1S/C27H19F3N4O3S2/c1-12-3-5-15(9-13(12)2)21-17(27(28,29)30)7-6-16-22(21)31-25(37)23(16)34-33-18-8-4-14(10-19(18)35)11-20-24(36)32-26(38)39-20/h3-11,33,35H,1-2H3,(H,31,34,37)(H,32,36,38). The number of phenols is 1. The monoisotopic (exact) mass is 568 g/mol. The van der Waals surface area contributed by atoms with Crippen LogP contribution in [-0.4, -0.2) is 27.0 Å². The highest BCUT2D eigenvalue weighted by Crippen LogP contribution is 2.45. The molecular weight excluding hydrogens is 549 g/mol. The van der Waals surface area contributed by atoms with Gasteiger partial charge in [-0.15, -0.1) is 0 Å². The summed E-state index contributed by atoms with van der Waals surface area (Å²) in [6.07, 6.45) is -3.10. The molecule has 2 heterocycles. The van der Waals surface area contributed by atoms with Crippen LogP contribution < -0.4 is 16.1 Å². The molecule has 0 aliphatic carbocycles. The number of amides is 2. The molecule has 1 saturated heterocycles. The fraction of sp³-hybridized carbons (Fsp3) is 0.111. The third-order valence-corrected chi connectivity index (χ3v) is 7.43. The topological polar surface area (TPSA) is 103 Å². The second kappa shape index (κ2) is 9.86. The molecule has 0 bridgehead atoms. The van der Waals surface area contributed by atoms with Gasteiger partial charge in [0.15, 0.2) is 5.71 Å².